The lowest BCUT2D eigenvalue weighted by molar-refractivity contribution is 0.0328. The van der Waals surface area contributed by atoms with Gasteiger partial charge in [0.25, 0.3) is 0 Å². The van der Waals surface area contributed by atoms with Crippen LogP contribution in [0.25, 0.3) is 0 Å². The van der Waals surface area contributed by atoms with Gasteiger partial charge in [-0.25, -0.2) is 4.39 Å². The zero-order valence-electron chi connectivity index (χ0n) is 7.49. The van der Waals surface area contributed by atoms with Crippen LogP contribution in [0.3, 0.4) is 0 Å². The summed E-state index contributed by atoms with van der Waals surface area (Å²) in [7, 11) is 0. The van der Waals surface area contributed by atoms with Gasteiger partial charge < -0.3 is 10.2 Å². The lowest BCUT2D eigenvalue weighted by Gasteiger charge is -2.19. The van der Waals surface area contributed by atoms with Crippen LogP contribution in [0.1, 0.15) is 11.7 Å². The Morgan fingerprint density at radius 1 is 1.27 bits per heavy atom. The molecule has 0 fully saturated rings. The number of benzene rings is 1. The van der Waals surface area contributed by atoms with Gasteiger partial charge in [-0.1, -0.05) is 31.9 Å². The maximum atomic E-state index is 12.9. The van der Waals surface area contributed by atoms with Gasteiger partial charge in [-0.2, -0.15) is 12.6 Å². The maximum absolute atomic E-state index is 12.9. The quantitative estimate of drug-likeness (QED) is 0.726. The van der Waals surface area contributed by atoms with Crippen LogP contribution in [-0.4, -0.2) is 22.1 Å². The Bertz CT molecular complexity index is 339. The van der Waals surface area contributed by atoms with E-state index in [1.807, 2.05) is 0 Å². The maximum Gasteiger partial charge on any atom is 0.125 e. The average Bonchev–Trinajstić information content (AvgIpc) is 2.14. The van der Waals surface area contributed by atoms with E-state index >= 15 is 0 Å². The fourth-order valence-corrected chi connectivity index (χ4v) is 2.93. The Morgan fingerprint density at radius 3 is 2.13 bits per heavy atom. The van der Waals surface area contributed by atoms with Crippen molar-refractivity contribution in [2.24, 2.45) is 0 Å². The lowest BCUT2D eigenvalue weighted by Crippen LogP contribution is -2.20. The summed E-state index contributed by atoms with van der Waals surface area (Å²) in [6.45, 7) is 0. The molecule has 0 heterocycles. The van der Waals surface area contributed by atoms with E-state index in [-0.39, 0.29) is 5.75 Å². The van der Waals surface area contributed by atoms with Crippen molar-refractivity contribution in [2.75, 3.05) is 5.75 Å². The Kier molecular flexibility index (Phi) is 5.05. The summed E-state index contributed by atoms with van der Waals surface area (Å²) in [5.41, 5.74) is 0.415. The largest absolute Gasteiger partial charge is 0.389 e. The SMILES string of the molecule is OC(CS)C(O)c1c(Br)cc(F)cc1Br. The van der Waals surface area contributed by atoms with Gasteiger partial charge in [0.15, 0.2) is 0 Å². The van der Waals surface area contributed by atoms with Crippen molar-refractivity contribution in [3.05, 3.63) is 32.5 Å². The summed E-state index contributed by atoms with van der Waals surface area (Å²) in [5.74, 6) is -0.303. The molecule has 0 radical (unpaired) electrons. The van der Waals surface area contributed by atoms with Gasteiger partial charge in [0.1, 0.15) is 11.9 Å². The minimum absolute atomic E-state index is 0.122. The van der Waals surface area contributed by atoms with Crippen LogP contribution in [0.15, 0.2) is 21.1 Å². The van der Waals surface area contributed by atoms with Crippen LogP contribution in [0.4, 0.5) is 4.39 Å². The van der Waals surface area contributed by atoms with Crippen molar-refractivity contribution in [3.8, 4) is 0 Å². The zero-order valence-corrected chi connectivity index (χ0v) is 11.6. The molecule has 0 aromatic heterocycles. The molecule has 0 spiro atoms. The van der Waals surface area contributed by atoms with Crippen molar-refractivity contribution < 1.29 is 14.6 Å². The second kappa shape index (κ2) is 5.63. The van der Waals surface area contributed by atoms with Crippen LogP contribution < -0.4 is 0 Å². The van der Waals surface area contributed by atoms with E-state index in [2.05, 4.69) is 44.5 Å². The van der Waals surface area contributed by atoms with Crippen LogP contribution in [-0.2, 0) is 0 Å². The van der Waals surface area contributed by atoms with Crippen molar-refractivity contribution in [3.63, 3.8) is 0 Å². The van der Waals surface area contributed by atoms with Crippen LogP contribution in [0.2, 0.25) is 0 Å². The van der Waals surface area contributed by atoms with Crippen molar-refractivity contribution in [2.45, 2.75) is 12.2 Å². The van der Waals surface area contributed by atoms with E-state index in [1.54, 1.807) is 0 Å². The molecule has 0 aliphatic rings. The molecular weight excluding hydrogens is 351 g/mol. The third-order valence-electron chi connectivity index (χ3n) is 1.89. The zero-order chi connectivity index (χ0) is 11.6. The summed E-state index contributed by atoms with van der Waals surface area (Å²) in [4.78, 5) is 0. The van der Waals surface area contributed by atoms with E-state index in [4.69, 9.17) is 0 Å². The molecule has 1 aromatic rings. The molecule has 6 heteroatoms. The minimum Gasteiger partial charge on any atom is -0.389 e. The minimum atomic E-state index is -1.10. The summed E-state index contributed by atoms with van der Waals surface area (Å²) in [6.07, 6.45) is -2.10. The summed E-state index contributed by atoms with van der Waals surface area (Å²) in [6, 6.07) is 2.46. The van der Waals surface area contributed by atoms with Gasteiger partial charge in [-0.15, -0.1) is 0 Å². The van der Waals surface area contributed by atoms with Crippen molar-refractivity contribution in [1.82, 2.24) is 0 Å². The molecule has 2 N–H and O–H groups in total. The first-order valence-electron chi connectivity index (χ1n) is 4.08. The predicted octanol–water partition coefficient (Wildman–Crippen LogP) is 2.67. The van der Waals surface area contributed by atoms with Crippen molar-refractivity contribution >= 4 is 44.5 Å². The van der Waals surface area contributed by atoms with E-state index in [0.717, 1.165) is 0 Å². The monoisotopic (exact) mass is 358 g/mol. The van der Waals surface area contributed by atoms with Crippen LogP contribution >= 0.6 is 44.5 Å². The molecule has 1 rings (SSSR count). The number of aliphatic hydroxyl groups excluding tert-OH is 2. The molecule has 15 heavy (non-hydrogen) atoms. The fraction of sp³-hybridized carbons (Fsp3) is 0.333. The van der Waals surface area contributed by atoms with E-state index in [1.165, 1.54) is 12.1 Å². The summed E-state index contributed by atoms with van der Waals surface area (Å²) in [5, 5.41) is 19.2. The number of rotatable bonds is 3. The van der Waals surface area contributed by atoms with Crippen LogP contribution in [0, 0.1) is 5.82 Å². The molecule has 0 bridgehead atoms. The number of halogens is 3. The van der Waals surface area contributed by atoms with Gasteiger partial charge in [0, 0.05) is 20.3 Å². The highest BCUT2D eigenvalue weighted by atomic mass is 79.9. The Labute approximate surface area is 109 Å². The van der Waals surface area contributed by atoms with Crippen molar-refractivity contribution in [1.29, 1.82) is 0 Å². The number of hydrogen-bond acceptors (Lipinski definition) is 3. The Balaban J connectivity index is 3.13. The smallest absolute Gasteiger partial charge is 0.125 e. The fourth-order valence-electron chi connectivity index (χ4n) is 1.13. The molecule has 2 atom stereocenters. The molecule has 1 aromatic carbocycles. The molecular formula is C9H9Br2FO2S. The Morgan fingerprint density at radius 2 is 1.73 bits per heavy atom. The summed E-state index contributed by atoms with van der Waals surface area (Å²) >= 11 is 10.1. The first kappa shape index (κ1) is 13.4. The summed E-state index contributed by atoms with van der Waals surface area (Å²) < 4.78 is 13.7. The van der Waals surface area contributed by atoms with E-state index < -0.39 is 18.0 Å². The Hall–Kier alpha value is 0.380. The number of thiol groups is 1. The molecule has 2 nitrogen and oxygen atoms in total. The second-order valence-electron chi connectivity index (χ2n) is 2.98. The molecule has 2 unspecified atom stereocenters. The standard InChI is InChI=1S/C9H9Br2FO2S/c10-5-1-4(12)2-6(11)8(5)9(14)7(13)3-15/h1-2,7,9,13-15H,3H2. The topological polar surface area (TPSA) is 40.5 Å². The molecule has 0 aliphatic heterocycles. The van der Waals surface area contributed by atoms with Gasteiger partial charge >= 0.3 is 0 Å². The first-order chi connectivity index (χ1) is 6.97. The third-order valence-corrected chi connectivity index (χ3v) is 3.58. The second-order valence-corrected chi connectivity index (χ2v) is 5.05. The molecule has 0 aliphatic carbocycles. The molecule has 84 valence electrons. The molecule has 0 saturated carbocycles. The van der Waals surface area contributed by atoms with E-state index in [0.29, 0.717) is 14.5 Å². The average molecular weight is 360 g/mol. The highest BCUT2D eigenvalue weighted by molar-refractivity contribution is 9.11. The molecule has 0 saturated heterocycles. The number of aliphatic hydroxyl groups is 2. The van der Waals surface area contributed by atoms with Gasteiger partial charge in [0.05, 0.1) is 6.10 Å². The molecule has 0 amide bonds. The highest BCUT2D eigenvalue weighted by Gasteiger charge is 2.22. The van der Waals surface area contributed by atoms with E-state index in [9.17, 15) is 14.6 Å². The van der Waals surface area contributed by atoms with Gasteiger partial charge in [-0.05, 0) is 12.1 Å². The third kappa shape index (κ3) is 3.17. The van der Waals surface area contributed by atoms with Crippen LogP contribution in [0.5, 0.6) is 0 Å². The first-order valence-corrected chi connectivity index (χ1v) is 6.30. The lowest BCUT2D eigenvalue weighted by atomic mass is 10.1. The van der Waals surface area contributed by atoms with Gasteiger partial charge in [-0.3, -0.25) is 0 Å². The number of hydrogen-bond donors (Lipinski definition) is 3. The highest BCUT2D eigenvalue weighted by Crippen LogP contribution is 2.33. The normalized spacial score (nSPS) is 15.1. The van der Waals surface area contributed by atoms with Gasteiger partial charge in [0.2, 0.25) is 0 Å². The predicted molar refractivity (Wildman–Crippen MR) is 66.6 cm³/mol.